The molecule has 0 aliphatic carbocycles. The van der Waals surface area contributed by atoms with Crippen LogP contribution in [0.3, 0.4) is 0 Å². The molecule has 36 heavy (non-hydrogen) atoms. The van der Waals surface area contributed by atoms with Gasteiger partial charge in [-0.25, -0.2) is 9.67 Å². The van der Waals surface area contributed by atoms with E-state index in [0.29, 0.717) is 30.1 Å². The zero-order valence-corrected chi connectivity index (χ0v) is 21.9. The van der Waals surface area contributed by atoms with Crippen molar-refractivity contribution in [1.29, 1.82) is 0 Å². The van der Waals surface area contributed by atoms with Crippen LogP contribution < -0.4 is 4.74 Å². The van der Waals surface area contributed by atoms with Crippen LogP contribution in [0, 0.1) is 5.92 Å². The molecule has 1 aliphatic heterocycles. The third-order valence-corrected chi connectivity index (χ3v) is 6.69. The van der Waals surface area contributed by atoms with Crippen LogP contribution in [-0.4, -0.2) is 65.4 Å². The van der Waals surface area contributed by atoms with Crippen molar-refractivity contribution < 1.29 is 14.3 Å². The van der Waals surface area contributed by atoms with Gasteiger partial charge in [0, 0.05) is 37.7 Å². The first-order valence-electron chi connectivity index (χ1n) is 12.9. The first-order valence-corrected chi connectivity index (χ1v) is 12.9. The number of benzene rings is 2. The van der Waals surface area contributed by atoms with Crippen molar-refractivity contribution in [2.45, 2.75) is 52.2 Å². The lowest BCUT2D eigenvalue weighted by atomic mass is 10.1. The lowest BCUT2D eigenvalue weighted by Crippen LogP contribution is -2.40. The molecule has 0 bridgehead atoms. The number of likely N-dealkylation sites (tertiary alicyclic amines) is 1. The number of carbonyl (C=O) groups is 1. The zero-order chi connectivity index (χ0) is 25.5. The first kappa shape index (κ1) is 26.0. The van der Waals surface area contributed by atoms with E-state index in [2.05, 4.69) is 43.0 Å². The maximum Gasteiger partial charge on any atom is 0.181 e. The summed E-state index contributed by atoms with van der Waals surface area (Å²) in [5, 5.41) is 4.75. The second kappa shape index (κ2) is 12.3. The van der Waals surface area contributed by atoms with Crippen LogP contribution >= 0.6 is 0 Å². The second-order valence-corrected chi connectivity index (χ2v) is 10.0. The molecule has 0 amide bonds. The van der Waals surface area contributed by atoms with Crippen LogP contribution in [0.1, 0.15) is 38.7 Å². The summed E-state index contributed by atoms with van der Waals surface area (Å²) in [5.74, 6) is 2.48. The van der Waals surface area contributed by atoms with Gasteiger partial charge in [-0.05, 0) is 49.4 Å². The molecule has 1 aliphatic rings. The van der Waals surface area contributed by atoms with E-state index in [1.165, 1.54) is 12.0 Å². The van der Waals surface area contributed by atoms with Gasteiger partial charge in [0.05, 0.1) is 13.2 Å². The Bertz CT molecular complexity index is 1140. The van der Waals surface area contributed by atoms with Gasteiger partial charge in [0.1, 0.15) is 12.3 Å². The normalized spacial score (nSPS) is 16.4. The van der Waals surface area contributed by atoms with Gasteiger partial charge in [0.25, 0.3) is 0 Å². The highest BCUT2D eigenvalue weighted by molar-refractivity contribution is 5.79. The summed E-state index contributed by atoms with van der Waals surface area (Å²) < 4.78 is 12.7. The fourth-order valence-electron chi connectivity index (χ4n) is 4.75. The number of rotatable bonds is 11. The Kier molecular flexibility index (Phi) is 8.88. The highest BCUT2D eigenvalue weighted by Crippen LogP contribution is 2.26. The van der Waals surface area contributed by atoms with E-state index in [0.717, 1.165) is 49.4 Å². The summed E-state index contributed by atoms with van der Waals surface area (Å²) in [7, 11) is 3.45. The molecule has 192 valence electrons. The molecule has 1 atom stereocenters. The Balaban J connectivity index is 1.52. The lowest BCUT2D eigenvalue weighted by Gasteiger charge is -2.31. The molecule has 0 spiro atoms. The molecule has 0 radical (unpaired) electrons. The number of nitrogens with zero attached hydrogens (tertiary/aromatic N) is 4. The number of Topliss-reactive ketones (excluding diaryl/α,β-unsaturated/α-hetero) is 1. The van der Waals surface area contributed by atoms with Gasteiger partial charge >= 0.3 is 0 Å². The van der Waals surface area contributed by atoms with Crippen molar-refractivity contribution in [2.75, 3.05) is 33.9 Å². The minimum Gasteiger partial charge on any atom is -0.497 e. The minimum absolute atomic E-state index is 0.148. The van der Waals surface area contributed by atoms with Crippen LogP contribution in [0.15, 0.2) is 48.5 Å². The summed E-state index contributed by atoms with van der Waals surface area (Å²) in [6.45, 7) is 7.49. The van der Waals surface area contributed by atoms with Crippen molar-refractivity contribution in [2.24, 2.45) is 5.92 Å². The number of ether oxygens (including phenoxy) is 2. The molecule has 0 N–H and O–H groups in total. The number of piperidine rings is 1. The van der Waals surface area contributed by atoms with Gasteiger partial charge < -0.3 is 14.4 Å². The quantitative estimate of drug-likeness (QED) is 0.381. The first-order chi connectivity index (χ1) is 17.4. The van der Waals surface area contributed by atoms with E-state index in [9.17, 15) is 4.79 Å². The van der Waals surface area contributed by atoms with E-state index >= 15 is 0 Å². The van der Waals surface area contributed by atoms with Crippen LogP contribution in [-0.2, 0) is 22.5 Å². The molecule has 1 fully saturated rings. The Hall–Kier alpha value is -3.03. The average molecular weight is 491 g/mol. The summed E-state index contributed by atoms with van der Waals surface area (Å²) in [5.41, 5.74) is 3.10. The van der Waals surface area contributed by atoms with Crippen molar-refractivity contribution in [3.05, 3.63) is 54.1 Å². The van der Waals surface area contributed by atoms with Gasteiger partial charge in [0.15, 0.2) is 17.4 Å². The van der Waals surface area contributed by atoms with Crippen molar-refractivity contribution in [1.82, 2.24) is 19.7 Å². The predicted molar refractivity (Wildman–Crippen MR) is 142 cm³/mol. The summed E-state index contributed by atoms with van der Waals surface area (Å²) in [6.07, 6.45) is 4.22. The Morgan fingerprint density at radius 3 is 2.64 bits per heavy atom. The van der Waals surface area contributed by atoms with Crippen molar-refractivity contribution in [3.63, 3.8) is 0 Å². The highest BCUT2D eigenvalue weighted by atomic mass is 16.5. The number of hydrogen-bond donors (Lipinski definition) is 0. The van der Waals surface area contributed by atoms with Crippen LogP contribution in [0.5, 0.6) is 5.75 Å². The smallest absolute Gasteiger partial charge is 0.181 e. The van der Waals surface area contributed by atoms with E-state index in [4.69, 9.17) is 19.6 Å². The van der Waals surface area contributed by atoms with Crippen LogP contribution in [0.4, 0.5) is 0 Å². The monoisotopic (exact) mass is 490 g/mol. The Morgan fingerprint density at radius 2 is 1.92 bits per heavy atom. The molecule has 2 heterocycles. The van der Waals surface area contributed by atoms with E-state index in [1.807, 2.05) is 31.4 Å². The molecule has 1 saturated heterocycles. The van der Waals surface area contributed by atoms with Gasteiger partial charge in [-0.15, -0.1) is 5.10 Å². The summed E-state index contributed by atoms with van der Waals surface area (Å²) >= 11 is 0. The molecule has 1 unspecified atom stereocenters. The number of hydrogen-bond acceptors (Lipinski definition) is 6. The van der Waals surface area contributed by atoms with E-state index in [1.54, 1.807) is 11.8 Å². The molecule has 7 heteroatoms. The van der Waals surface area contributed by atoms with Crippen molar-refractivity contribution in [3.8, 4) is 28.5 Å². The molecular formula is C29H38N4O3. The van der Waals surface area contributed by atoms with Crippen LogP contribution in [0.25, 0.3) is 22.8 Å². The van der Waals surface area contributed by atoms with Gasteiger partial charge in [-0.3, -0.25) is 4.79 Å². The molecule has 7 nitrogen and oxygen atoms in total. The van der Waals surface area contributed by atoms with Crippen LogP contribution in [0.2, 0.25) is 0 Å². The Morgan fingerprint density at radius 1 is 1.11 bits per heavy atom. The topological polar surface area (TPSA) is 69.5 Å². The van der Waals surface area contributed by atoms with Crippen molar-refractivity contribution >= 4 is 5.78 Å². The molecule has 4 rings (SSSR count). The maximum absolute atomic E-state index is 12.6. The lowest BCUT2D eigenvalue weighted by molar-refractivity contribution is -0.120. The third-order valence-electron chi connectivity index (χ3n) is 6.69. The van der Waals surface area contributed by atoms with Gasteiger partial charge in [0.2, 0.25) is 0 Å². The maximum atomic E-state index is 12.6. The fraction of sp³-hybridized carbons (Fsp3) is 0.483. The number of carbonyl (C=O) groups excluding carboxylic acids is 1. The van der Waals surface area contributed by atoms with E-state index < -0.39 is 0 Å². The molecular weight excluding hydrogens is 452 g/mol. The molecule has 3 aromatic rings. The Labute approximate surface area is 214 Å². The third kappa shape index (κ3) is 6.80. The summed E-state index contributed by atoms with van der Waals surface area (Å²) in [4.78, 5) is 20.0. The number of ketones is 1. The second-order valence-electron chi connectivity index (χ2n) is 10.0. The fourth-order valence-corrected chi connectivity index (χ4v) is 4.75. The zero-order valence-electron chi connectivity index (χ0n) is 21.9. The standard InChI is InChI=1S/C29H38N4O3/c1-21(2)17-25(34)19-33-29(24-7-5-8-26(18-24)35-3)30-28(31-33)23-12-10-22(11-13-23)14-16-32-15-6-9-27(20-32)36-4/h5,7-8,10-13,18,21,27H,6,9,14-17,19-20H2,1-4H3. The largest absolute Gasteiger partial charge is 0.497 e. The summed E-state index contributed by atoms with van der Waals surface area (Å²) in [6, 6.07) is 16.2. The molecule has 0 saturated carbocycles. The van der Waals surface area contributed by atoms with Gasteiger partial charge in [-0.1, -0.05) is 50.2 Å². The SMILES string of the molecule is COc1cccc(-c2nc(-c3ccc(CCN4CCCC(OC)C4)cc3)nn2CC(=O)CC(C)C)c1. The van der Waals surface area contributed by atoms with Gasteiger partial charge in [-0.2, -0.15) is 0 Å². The number of methoxy groups -OCH3 is 2. The molecule has 1 aromatic heterocycles. The average Bonchev–Trinajstić information content (AvgIpc) is 3.31. The minimum atomic E-state index is 0.148. The van der Waals surface area contributed by atoms with E-state index in [-0.39, 0.29) is 12.3 Å². The highest BCUT2D eigenvalue weighted by Gasteiger charge is 2.20. The molecule has 2 aromatic carbocycles. The predicted octanol–water partition coefficient (Wildman–Crippen LogP) is 4.89. The number of aromatic nitrogens is 3.